The maximum Gasteiger partial charge on any atom is 0.573 e. The summed E-state index contributed by atoms with van der Waals surface area (Å²) >= 11 is 0. The van der Waals surface area contributed by atoms with Crippen molar-refractivity contribution in [3.8, 4) is 22.8 Å². The molecule has 0 aliphatic heterocycles. The molecule has 0 spiro atoms. The fourth-order valence-corrected chi connectivity index (χ4v) is 3.13. The van der Waals surface area contributed by atoms with Gasteiger partial charge in [-0.2, -0.15) is 0 Å². The summed E-state index contributed by atoms with van der Waals surface area (Å²) in [5, 5.41) is 10.7. The number of aromatic nitrogens is 3. The van der Waals surface area contributed by atoms with Crippen molar-refractivity contribution in [3.05, 3.63) is 78.8 Å². The Bertz CT molecular complexity index is 1330. The van der Waals surface area contributed by atoms with Crippen LogP contribution in [0.2, 0.25) is 0 Å². The van der Waals surface area contributed by atoms with E-state index >= 15 is 0 Å². The molecule has 0 saturated carbocycles. The summed E-state index contributed by atoms with van der Waals surface area (Å²) in [6.07, 6.45) is 1.92. The van der Waals surface area contributed by atoms with Crippen molar-refractivity contribution in [3.63, 3.8) is 0 Å². The van der Waals surface area contributed by atoms with Gasteiger partial charge in [-0.05, 0) is 47.5 Å². The fourth-order valence-electron chi connectivity index (χ4n) is 3.13. The highest BCUT2D eigenvalue weighted by Crippen LogP contribution is 2.26. The molecule has 170 valence electrons. The van der Waals surface area contributed by atoms with Gasteiger partial charge in [-0.25, -0.2) is 9.78 Å². The lowest BCUT2D eigenvalue weighted by Gasteiger charge is -2.12. The van der Waals surface area contributed by atoms with Crippen molar-refractivity contribution in [1.82, 2.24) is 19.3 Å². The molecule has 0 saturated heterocycles. The monoisotopic (exact) mass is 457 g/mol. The predicted octanol–water partition coefficient (Wildman–Crippen LogP) is 3.82. The van der Waals surface area contributed by atoms with Crippen LogP contribution in [-0.2, 0) is 0 Å². The summed E-state index contributed by atoms with van der Waals surface area (Å²) in [6.45, 7) is 0.334. The van der Waals surface area contributed by atoms with Crippen LogP contribution < -0.4 is 20.3 Å². The number of hydrogen-bond acceptors (Lipinski definition) is 5. The van der Waals surface area contributed by atoms with Gasteiger partial charge in [0.2, 0.25) is 5.88 Å². The first kappa shape index (κ1) is 21.9. The maximum absolute atomic E-state index is 12.6. The molecule has 3 heterocycles. The number of benzene rings is 1. The Balaban J connectivity index is 1.39. The van der Waals surface area contributed by atoms with Crippen LogP contribution >= 0.6 is 0 Å². The molecule has 2 N–H and O–H groups in total. The Labute approximate surface area is 185 Å². The number of nitrogens with zero attached hydrogens (tertiary/aromatic N) is 3. The Morgan fingerprint density at radius 2 is 1.82 bits per heavy atom. The number of rotatable bonds is 6. The smallest absolute Gasteiger partial charge is 0.474 e. The third-order valence-electron chi connectivity index (χ3n) is 4.62. The lowest BCUT2D eigenvalue weighted by Crippen LogP contribution is -2.37. The topological polar surface area (TPSA) is 93.6 Å². The Hall–Kier alpha value is -4.28. The second-order valence-corrected chi connectivity index (χ2v) is 6.86. The number of alkyl halides is 3. The van der Waals surface area contributed by atoms with E-state index in [0.717, 1.165) is 10.1 Å². The Morgan fingerprint density at radius 1 is 1.06 bits per heavy atom. The van der Waals surface area contributed by atoms with Crippen molar-refractivity contribution in [1.29, 1.82) is 5.41 Å². The number of amides is 1. The maximum atomic E-state index is 12.6. The summed E-state index contributed by atoms with van der Waals surface area (Å²) in [7, 11) is 0. The van der Waals surface area contributed by atoms with Crippen molar-refractivity contribution in [2.45, 2.75) is 6.36 Å². The largest absolute Gasteiger partial charge is 0.573 e. The summed E-state index contributed by atoms with van der Waals surface area (Å²) in [6, 6.07) is 11.4. The molecule has 0 fully saturated rings. The van der Waals surface area contributed by atoms with Gasteiger partial charge < -0.3 is 19.2 Å². The minimum absolute atomic E-state index is 0.0613. The molecule has 3 aromatic heterocycles. The normalized spacial score (nSPS) is 11.4. The van der Waals surface area contributed by atoms with Crippen LogP contribution in [0.15, 0.2) is 73.3 Å². The van der Waals surface area contributed by atoms with E-state index in [4.69, 9.17) is 10.1 Å². The molecule has 0 aliphatic carbocycles. The van der Waals surface area contributed by atoms with E-state index in [1.807, 2.05) is 22.7 Å². The van der Waals surface area contributed by atoms with Gasteiger partial charge in [0.15, 0.2) is 0 Å². The molecule has 8 nitrogen and oxygen atoms in total. The molecule has 1 amide bonds. The molecular formula is C22H18F3N5O3. The standard InChI is InChI=1S/C22H18F3N5O3/c23-22(24,25)33-17-6-3-15(4-7-17)16-5-8-19(26)30(14-16)21(31)28-10-13-32-20-18-2-1-11-29(18)12-9-27-20/h1-9,11-12,14,26H,10,13H2,(H,28,31). The van der Waals surface area contributed by atoms with E-state index in [9.17, 15) is 18.0 Å². The van der Waals surface area contributed by atoms with Crippen LogP contribution in [0, 0.1) is 5.41 Å². The average molecular weight is 457 g/mol. The highest BCUT2D eigenvalue weighted by atomic mass is 19.4. The van der Waals surface area contributed by atoms with Crippen molar-refractivity contribution in [2.75, 3.05) is 13.2 Å². The first-order valence-electron chi connectivity index (χ1n) is 9.76. The molecular weight excluding hydrogens is 439 g/mol. The lowest BCUT2D eigenvalue weighted by atomic mass is 10.1. The average Bonchev–Trinajstić information content (AvgIpc) is 3.26. The number of carbonyl (C=O) groups is 1. The van der Waals surface area contributed by atoms with Gasteiger partial charge in [0.1, 0.15) is 23.4 Å². The third-order valence-corrected chi connectivity index (χ3v) is 4.62. The molecule has 0 aliphatic rings. The zero-order chi connectivity index (χ0) is 23.4. The van der Waals surface area contributed by atoms with Gasteiger partial charge in [0, 0.05) is 24.8 Å². The number of ether oxygens (including phenoxy) is 2. The minimum atomic E-state index is -4.77. The summed E-state index contributed by atoms with van der Waals surface area (Å²) in [5.74, 6) is 0.0878. The molecule has 11 heteroatoms. The molecule has 4 rings (SSSR count). The number of hydrogen-bond donors (Lipinski definition) is 2. The first-order chi connectivity index (χ1) is 15.8. The predicted molar refractivity (Wildman–Crippen MR) is 112 cm³/mol. The van der Waals surface area contributed by atoms with E-state index in [1.54, 1.807) is 18.5 Å². The second-order valence-electron chi connectivity index (χ2n) is 6.86. The van der Waals surface area contributed by atoms with E-state index in [2.05, 4.69) is 15.0 Å². The second kappa shape index (κ2) is 9.07. The van der Waals surface area contributed by atoms with Gasteiger partial charge in [-0.15, -0.1) is 13.2 Å². The SMILES string of the molecule is N=c1ccc(-c2ccc(OC(F)(F)F)cc2)cn1C(=O)NCCOc1nccn2cccc12. The molecule has 0 radical (unpaired) electrons. The number of pyridine rings is 1. The van der Waals surface area contributed by atoms with Crippen LogP contribution in [0.25, 0.3) is 16.6 Å². The van der Waals surface area contributed by atoms with Crippen molar-refractivity contribution >= 4 is 11.5 Å². The van der Waals surface area contributed by atoms with Crippen molar-refractivity contribution < 1.29 is 27.4 Å². The molecule has 4 aromatic rings. The Morgan fingerprint density at radius 3 is 2.58 bits per heavy atom. The highest BCUT2D eigenvalue weighted by molar-refractivity contribution is 5.78. The molecule has 0 bridgehead atoms. The highest BCUT2D eigenvalue weighted by Gasteiger charge is 2.30. The summed E-state index contributed by atoms with van der Waals surface area (Å²) in [4.78, 5) is 16.7. The van der Waals surface area contributed by atoms with Gasteiger partial charge in [0.25, 0.3) is 0 Å². The van der Waals surface area contributed by atoms with Gasteiger partial charge in [-0.1, -0.05) is 12.1 Å². The summed E-state index contributed by atoms with van der Waals surface area (Å²) < 4.78 is 49.4. The number of carbonyl (C=O) groups excluding carboxylic acids is 1. The molecule has 1 aromatic carbocycles. The van der Waals surface area contributed by atoms with Crippen LogP contribution in [0.1, 0.15) is 0 Å². The zero-order valence-corrected chi connectivity index (χ0v) is 17.0. The first-order valence-corrected chi connectivity index (χ1v) is 9.76. The van der Waals surface area contributed by atoms with E-state index in [0.29, 0.717) is 17.0 Å². The van der Waals surface area contributed by atoms with E-state index in [-0.39, 0.29) is 24.4 Å². The number of fused-ring (bicyclic) bond motifs is 1. The van der Waals surface area contributed by atoms with Crippen LogP contribution in [0.3, 0.4) is 0 Å². The van der Waals surface area contributed by atoms with Gasteiger partial charge >= 0.3 is 12.4 Å². The molecule has 0 atom stereocenters. The van der Waals surface area contributed by atoms with Crippen LogP contribution in [0.5, 0.6) is 11.6 Å². The summed E-state index contributed by atoms with van der Waals surface area (Å²) in [5.41, 5.74) is 1.83. The van der Waals surface area contributed by atoms with Gasteiger partial charge in [-0.3, -0.25) is 9.98 Å². The fraction of sp³-hybridized carbons (Fsp3) is 0.136. The van der Waals surface area contributed by atoms with E-state index in [1.165, 1.54) is 36.5 Å². The molecule has 33 heavy (non-hydrogen) atoms. The van der Waals surface area contributed by atoms with Crippen LogP contribution in [0.4, 0.5) is 18.0 Å². The minimum Gasteiger partial charge on any atom is -0.474 e. The third kappa shape index (κ3) is 5.32. The van der Waals surface area contributed by atoms with Crippen molar-refractivity contribution in [2.24, 2.45) is 0 Å². The number of nitrogens with one attached hydrogen (secondary N) is 2. The number of halogens is 3. The van der Waals surface area contributed by atoms with Crippen LogP contribution in [-0.4, -0.2) is 39.5 Å². The zero-order valence-electron chi connectivity index (χ0n) is 17.0. The molecule has 0 unspecified atom stereocenters. The van der Waals surface area contributed by atoms with Gasteiger partial charge in [0.05, 0.1) is 6.54 Å². The lowest BCUT2D eigenvalue weighted by molar-refractivity contribution is -0.274. The quantitative estimate of drug-likeness (QED) is 0.431. The Kier molecular flexibility index (Phi) is 6.03. The van der Waals surface area contributed by atoms with E-state index < -0.39 is 12.4 Å².